The Hall–Kier alpha value is -2.76. The second-order valence-corrected chi connectivity index (χ2v) is 11.4. The molecule has 0 fully saturated rings. The number of carbonyl (C=O) groups excluding carboxylic acids is 2. The quantitative estimate of drug-likeness (QED) is 0.529. The van der Waals surface area contributed by atoms with Gasteiger partial charge in [0.2, 0.25) is 10.0 Å². The molecule has 2 aromatic rings. The summed E-state index contributed by atoms with van der Waals surface area (Å²) in [6, 6.07) is 8.57. The molecule has 33 heavy (non-hydrogen) atoms. The lowest BCUT2D eigenvalue weighted by Gasteiger charge is -2.20. The molecule has 0 unspecified atom stereocenters. The molecule has 9 nitrogen and oxygen atoms in total. The predicted octanol–water partition coefficient (Wildman–Crippen LogP) is 2.53. The van der Waals surface area contributed by atoms with Crippen LogP contribution in [0.4, 0.5) is 5.69 Å². The van der Waals surface area contributed by atoms with Crippen molar-refractivity contribution in [3.63, 3.8) is 0 Å². The van der Waals surface area contributed by atoms with Crippen LogP contribution in [0.25, 0.3) is 0 Å². The van der Waals surface area contributed by atoms with Crippen LogP contribution in [-0.4, -0.2) is 59.0 Å². The van der Waals surface area contributed by atoms with E-state index in [1.165, 1.54) is 28.6 Å². The average Bonchev–Trinajstić information content (AvgIpc) is 2.73. The Bertz CT molecular complexity index is 1270. The van der Waals surface area contributed by atoms with Crippen LogP contribution in [0.3, 0.4) is 0 Å². The van der Waals surface area contributed by atoms with Crippen molar-refractivity contribution in [3.05, 3.63) is 53.1 Å². The van der Waals surface area contributed by atoms with Crippen LogP contribution >= 0.6 is 0 Å². The Labute approximate surface area is 194 Å². The summed E-state index contributed by atoms with van der Waals surface area (Å²) in [5, 5.41) is 2.52. The molecular formula is C22H28N2O7S2. The number of anilines is 1. The number of hydrogen-bond acceptors (Lipinski definition) is 7. The van der Waals surface area contributed by atoms with Gasteiger partial charge in [-0.05, 0) is 49.2 Å². The van der Waals surface area contributed by atoms with Crippen LogP contribution in [0.15, 0.2) is 46.2 Å². The zero-order valence-corrected chi connectivity index (χ0v) is 20.8. The molecule has 2 aromatic carbocycles. The minimum absolute atomic E-state index is 0.0358. The number of carbonyl (C=O) groups is 2. The van der Waals surface area contributed by atoms with Gasteiger partial charge in [0.25, 0.3) is 5.91 Å². The van der Waals surface area contributed by atoms with Crippen molar-refractivity contribution in [2.45, 2.75) is 37.5 Å². The van der Waals surface area contributed by atoms with Crippen molar-refractivity contribution in [2.24, 2.45) is 0 Å². The number of sulfonamides is 1. The standard InChI is InChI=1S/C22H28N2O7S2/c1-6-24(7-2)33(29,30)20-12-17(10-8-16(20)4)23-21(25)14-31-22(26)19-13-18(32(5,27)28)11-9-15(19)3/h8-13H,6-7,14H2,1-5H3,(H,23,25). The highest BCUT2D eigenvalue weighted by molar-refractivity contribution is 7.90. The number of amides is 1. The van der Waals surface area contributed by atoms with Crippen molar-refractivity contribution in [2.75, 3.05) is 31.3 Å². The van der Waals surface area contributed by atoms with Gasteiger partial charge in [0.1, 0.15) is 0 Å². The Balaban J connectivity index is 2.14. The molecule has 1 N–H and O–H groups in total. The van der Waals surface area contributed by atoms with Crippen LogP contribution in [0, 0.1) is 13.8 Å². The largest absolute Gasteiger partial charge is 0.452 e. The summed E-state index contributed by atoms with van der Waals surface area (Å²) in [5.41, 5.74) is 1.31. The van der Waals surface area contributed by atoms with E-state index in [9.17, 15) is 26.4 Å². The third kappa shape index (κ3) is 6.40. The second kappa shape index (κ2) is 10.4. The molecule has 0 atom stereocenters. The highest BCUT2D eigenvalue weighted by atomic mass is 32.2. The van der Waals surface area contributed by atoms with Crippen molar-refractivity contribution in [3.8, 4) is 0 Å². The Morgan fingerprint density at radius 2 is 1.55 bits per heavy atom. The molecule has 0 aliphatic carbocycles. The minimum Gasteiger partial charge on any atom is -0.452 e. The van der Waals surface area contributed by atoms with E-state index in [0.717, 1.165) is 6.26 Å². The molecule has 2 rings (SSSR count). The van der Waals surface area contributed by atoms with E-state index in [0.29, 0.717) is 24.2 Å². The van der Waals surface area contributed by atoms with Gasteiger partial charge in [0.15, 0.2) is 16.4 Å². The lowest BCUT2D eigenvalue weighted by atomic mass is 10.1. The molecule has 0 saturated carbocycles. The summed E-state index contributed by atoms with van der Waals surface area (Å²) >= 11 is 0. The third-order valence-corrected chi connectivity index (χ3v) is 8.29. The molecule has 11 heteroatoms. The lowest BCUT2D eigenvalue weighted by molar-refractivity contribution is -0.119. The van der Waals surface area contributed by atoms with E-state index in [1.807, 2.05) is 0 Å². The van der Waals surface area contributed by atoms with Crippen LogP contribution < -0.4 is 5.32 Å². The molecule has 0 saturated heterocycles. The Morgan fingerprint density at radius 1 is 0.939 bits per heavy atom. The Kier molecular flexibility index (Phi) is 8.39. The molecule has 0 heterocycles. The topological polar surface area (TPSA) is 127 Å². The third-order valence-electron chi connectivity index (χ3n) is 4.99. The van der Waals surface area contributed by atoms with Gasteiger partial charge < -0.3 is 10.1 Å². The number of esters is 1. The van der Waals surface area contributed by atoms with Gasteiger partial charge in [-0.25, -0.2) is 21.6 Å². The molecular weight excluding hydrogens is 468 g/mol. The summed E-state index contributed by atoms with van der Waals surface area (Å²) in [5.74, 6) is -1.52. The summed E-state index contributed by atoms with van der Waals surface area (Å²) in [7, 11) is -7.24. The van der Waals surface area contributed by atoms with Gasteiger partial charge in [-0.1, -0.05) is 26.0 Å². The van der Waals surface area contributed by atoms with E-state index in [4.69, 9.17) is 4.74 Å². The zero-order chi connectivity index (χ0) is 25.0. The smallest absolute Gasteiger partial charge is 0.338 e. The van der Waals surface area contributed by atoms with Crippen LogP contribution in [0.5, 0.6) is 0 Å². The summed E-state index contributed by atoms with van der Waals surface area (Å²) in [6.07, 6.45) is 1.02. The molecule has 0 spiro atoms. The van der Waals surface area contributed by atoms with Crippen molar-refractivity contribution < 1.29 is 31.2 Å². The van der Waals surface area contributed by atoms with Gasteiger partial charge in [0, 0.05) is 25.0 Å². The average molecular weight is 497 g/mol. The molecule has 0 bridgehead atoms. The maximum absolute atomic E-state index is 12.9. The fourth-order valence-electron chi connectivity index (χ4n) is 3.12. The van der Waals surface area contributed by atoms with E-state index >= 15 is 0 Å². The minimum atomic E-state index is -3.73. The summed E-state index contributed by atoms with van der Waals surface area (Å²) in [4.78, 5) is 24.7. The first-order valence-corrected chi connectivity index (χ1v) is 13.5. The van der Waals surface area contributed by atoms with E-state index in [2.05, 4.69) is 5.32 Å². The highest BCUT2D eigenvalue weighted by Gasteiger charge is 2.24. The summed E-state index contributed by atoms with van der Waals surface area (Å²) in [6.45, 7) is 6.75. The van der Waals surface area contributed by atoms with E-state index < -0.39 is 38.3 Å². The van der Waals surface area contributed by atoms with Crippen molar-refractivity contribution in [1.29, 1.82) is 0 Å². The summed E-state index contributed by atoms with van der Waals surface area (Å²) < 4.78 is 55.5. The van der Waals surface area contributed by atoms with Crippen molar-refractivity contribution >= 4 is 37.4 Å². The number of ether oxygens (including phenoxy) is 1. The number of nitrogens with one attached hydrogen (secondary N) is 1. The first-order chi connectivity index (χ1) is 15.3. The van der Waals surface area contributed by atoms with Crippen LogP contribution in [0.2, 0.25) is 0 Å². The maximum atomic E-state index is 12.9. The highest BCUT2D eigenvalue weighted by Crippen LogP contribution is 2.24. The maximum Gasteiger partial charge on any atom is 0.338 e. The van der Waals surface area contributed by atoms with Gasteiger partial charge >= 0.3 is 5.97 Å². The first kappa shape index (κ1) is 26.5. The number of aryl methyl sites for hydroxylation is 2. The number of sulfone groups is 1. The van der Waals surface area contributed by atoms with E-state index in [1.54, 1.807) is 39.8 Å². The fraction of sp³-hybridized carbons (Fsp3) is 0.364. The number of rotatable bonds is 9. The molecule has 180 valence electrons. The van der Waals surface area contributed by atoms with E-state index in [-0.39, 0.29) is 21.0 Å². The normalized spacial score (nSPS) is 11.9. The number of nitrogens with zero attached hydrogens (tertiary/aromatic N) is 1. The van der Waals surface area contributed by atoms with Gasteiger partial charge in [-0.2, -0.15) is 4.31 Å². The van der Waals surface area contributed by atoms with Gasteiger partial charge in [0.05, 0.1) is 15.4 Å². The zero-order valence-electron chi connectivity index (χ0n) is 19.2. The number of benzene rings is 2. The lowest BCUT2D eigenvalue weighted by Crippen LogP contribution is -2.31. The molecule has 0 aromatic heterocycles. The molecule has 1 amide bonds. The van der Waals surface area contributed by atoms with Crippen LogP contribution in [-0.2, 0) is 29.4 Å². The van der Waals surface area contributed by atoms with Crippen LogP contribution in [0.1, 0.15) is 35.3 Å². The monoisotopic (exact) mass is 496 g/mol. The second-order valence-electron chi connectivity index (χ2n) is 7.44. The van der Waals surface area contributed by atoms with Gasteiger partial charge in [-0.3, -0.25) is 4.79 Å². The SMILES string of the molecule is CCN(CC)S(=O)(=O)c1cc(NC(=O)COC(=O)c2cc(S(C)(=O)=O)ccc2C)ccc1C. The fourth-order valence-corrected chi connectivity index (χ4v) is 5.47. The predicted molar refractivity (Wildman–Crippen MR) is 124 cm³/mol. The van der Waals surface area contributed by atoms with Crippen molar-refractivity contribution in [1.82, 2.24) is 4.31 Å². The Morgan fingerprint density at radius 3 is 2.12 bits per heavy atom. The molecule has 0 radical (unpaired) electrons. The number of hydrogen-bond donors (Lipinski definition) is 1. The first-order valence-electron chi connectivity index (χ1n) is 10.2. The molecule has 0 aliphatic rings. The molecule has 0 aliphatic heterocycles. The van der Waals surface area contributed by atoms with Gasteiger partial charge in [-0.15, -0.1) is 0 Å².